The Bertz CT molecular complexity index is 547. The standard InChI is InChI=1S/C16H21NO5/c1-5-19-12-9-11(16(3)21-7-8-22-16)10-13(20-6-2)14(12)15(18)17-4/h7-10H,5-6H2,1-4H3,(H,17,18). The molecule has 1 aliphatic rings. The Balaban J connectivity index is 2.56. The van der Waals surface area contributed by atoms with E-state index in [0.717, 1.165) is 0 Å². The number of carbonyl (C=O) groups is 1. The van der Waals surface area contributed by atoms with Gasteiger partial charge in [-0.3, -0.25) is 4.79 Å². The average Bonchev–Trinajstić information content (AvgIpc) is 2.95. The van der Waals surface area contributed by atoms with Crippen LogP contribution in [0.2, 0.25) is 0 Å². The Kier molecular flexibility index (Phi) is 4.80. The van der Waals surface area contributed by atoms with Crippen molar-refractivity contribution < 1.29 is 23.7 Å². The lowest BCUT2D eigenvalue weighted by atomic mass is 10.0. The van der Waals surface area contributed by atoms with Crippen LogP contribution in [0, 0.1) is 0 Å². The van der Waals surface area contributed by atoms with Crippen molar-refractivity contribution in [2.24, 2.45) is 0 Å². The molecule has 0 saturated heterocycles. The van der Waals surface area contributed by atoms with Crippen molar-refractivity contribution >= 4 is 5.91 Å². The van der Waals surface area contributed by atoms with Crippen LogP contribution in [0.15, 0.2) is 24.7 Å². The maximum absolute atomic E-state index is 12.2. The van der Waals surface area contributed by atoms with Gasteiger partial charge in [-0.2, -0.15) is 0 Å². The molecular weight excluding hydrogens is 286 g/mol. The molecule has 1 aromatic carbocycles. The number of hydrogen-bond acceptors (Lipinski definition) is 5. The number of carbonyl (C=O) groups excluding carboxylic acids is 1. The third-order valence-electron chi connectivity index (χ3n) is 3.29. The van der Waals surface area contributed by atoms with Crippen molar-refractivity contribution in [1.82, 2.24) is 5.32 Å². The molecule has 2 rings (SSSR count). The first-order chi connectivity index (χ1) is 10.6. The second-order valence-corrected chi connectivity index (χ2v) is 4.75. The van der Waals surface area contributed by atoms with Gasteiger partial charge in [0.05, 0.1) is 13.2 Å². The first-order valence-electron chi connectivity index (χ1n) is 7.22. The van der Waals surface area contributed by atoms with Crippen molar-refractivity contribution in [1.29, 1.82) is 0 Å². The average molecular weight is 307 g/mol. The van der Waals surface area contributed by atoms with E-state index in [2.05, 4.69) is 5.32 Å². The Morgan fingerprint density at radius 1 is 1.14 bits per heavy atom. The lowest BCUT2D eigenvalue weighted by Crippen LogP contribution is -2.25. The molecule has 0 fully saturated rings. The van der Waals surface area contributed by atoms with E-state index < -0.39 is 5.79 Å². The molecule has 1 amide bonds. The number of hydrogen-bond donors (Lipinski definition) is 1. The molecule has 0 unspecified atom stereocenters. The summed E-state index contributed by atoms with van der Waals surface area (Å²) in [6.07, 6.45) is 2.96. The zero-order valence-corrected chi connectivity index (χ0v) is 13.3. The van der Waals surface area contributed by atoms with E-state index in [1.807, 2.05) is 13.8 Å². The van der Waals surface area contributed by atoms with Crippen molar-refractivity contribution in [2.45, 2.75) is 26.6 Å². The summed E-state index contributed by atoms with van der Waals surface area (Å²) < 4.78 is 22.2. The highest BCUT2D eigenvalue weighted by Crippen LogP contribution is 2.39. The Labute approximate surface area is 130 Å². The molecule has 0 radical (unpaired) electrons. The molecule has 6 nitrogen and oxygen atoms in total. The number of rotatable bonds is 6. The van der Waals surface area contributed by atoms with Crippen LogP contribution in [0.5, 0.6) is 11.5 Å². The minimum Gasteiger partial charge on any atom is -0.493 e. The molecule has 0 atom stereocenters. The van der Waals surface area contributed by atoms with Gasteiger partial charge in [0.2, 0.25) is 0 Å². The van der Waals surface area contributed by atoms with Gasteiger partial charge in [-0.1, -0.05) is 0 Å². The van der Waals surface area contributed by atoms with Gasteiger partial charge >= 0.3 is 0 Å². The highest BCUT2D eigenvalue weighted by Gasteiger charge is 2.35. The van der Waals surface area contributed by atoms with Crippen molar-refractivity contribution in [3.8, 4) is 11.5 Å². The summed E-state index contributed by atoms with van der Waals surface area (Å²) in [7, 11) is 1.57. The van der Waals surface area contributed by atoms with Gasteiger partial charge in [0.25, 0.3) is 11.7 Å². The predicted octanol–water partition coefficient (Wildman–Crippen LogP) is 2.53. The van der Waals surface area contributed by atoms with Gasteiger partial charge in [0, 0.05) is 19.5 Å². The summed E-state index contributed by atoms with van der Waals surface area (Å²) in [6, 6.07) is 3.48. The molecule has 120 valence electrons. The van der Waals surface area contributed by atoms with Crippen LogP contribution < -0.4 is 14.8 Å². The van der Waals surface area contributed by atoms with Crippen molar-refractivity contribution in [3.63, 3.8) is 0 Å². The van der Waals surface area contributed by atoms with Crippen molar-refractivity contribution in [2.75, 3.05) is 20.3 Å². The van der Waals surface area contributed by atoms with E-state index in [-0.39, 0.29) is 5.91 Å². The molecular formula is C16H21NO5. The zero-order chi connectivity index (χ0) is 16.2. The van der Waals surface area contributed by atoms with Gasteiger partial charge in [-0.05, 0) is 26.0 Å². The third-order valence-corrected chi connectivity index (χ3v) is 3.29. The summed E-state index contributed by atoms with van der Waals surface area (Å²) in [6.45, 7) is 6.34. The van der Waals surface area contributed by atoms with Crippen LogP contribution in [-0.2, 0) is 15.3 Å². The summed E-state index contributed by atoms with van der Waals surface area (Å²) >= 11 is 0. The van der Waals surface area contributed by atoms with E-state index in [0.29, 0.717) is 35.8 Å². The molecule has 1 aromatic rings. The number of nitrogens with one attached hydrogen (secondary N) is 1. The first-order valence-corrected chi connectivity index (χ1v) is 7.22. The first kappa shape index (κ1) is 16.0. The predicted molar refractivity (Wildman–Crippen MR) is 80.8 cm³/mol. The van der Waals surface area contributed by atoms with Gasteiger partial charge in [-0.25, -0.2) is 0 Å². The van der Waals surface area contributed by atoms with Gasteiger partial charge in [-0.15, -0.1) is 0 Å². The molecule has 0 spiro atoms. The SMILES string of the molecule is CCOc1cc(C2(C)OC=CO2)cc(OCC)c1C(=O)NC. The minimum atomic E-state index is -0.959. The Morgan fingerprint density at radius 3 is 2.05 bits per heavy atom. The largest absolute Gasteiger partial charge is 0.493 e. The molecule has 1 heterocycles. The summed E-state index contributed by atoms with van der Waals surface area (Å²) in [4.78, 5) is 12.2. The van der Waals surface area contributed by atoms with Crippen LogP contribution in [0.25, 0.3) is 0 Å². The third kappa shape index (κ3) is 2.95. The fourth-order valence-electron chi connectivity index (χ4n) is 2.22. The highest BCUT2D eigenvalue weighted by atomic mass is 16.7. The lowest BCUT2D eigenvalue weighted by Gasteiger charge is -2.25. The van der Waals surface area contributed by atoms with Crippen LogP contribution >= 0.6 is 0 Å². The summed E-state index contributed by atoms with van der Waals surface area (Å²) in [5.41, 5.74) is 1.07. The van der Waals surface area contributed by atoms with E-state index in [4.69, 9.17) is 18.9 Å². The van der Waals surface area contributed by atoms with Crippen LogP contribution in [0.3, 0.4) is 0 Å². The lowest BCUT2D eigenvalue weighted by molar-refractivity contribution is -0.133. The normalized spacial score (nSPS) is 14.9. The number of amides is 1. The Morgan fingerprint density at radius 2 is 1.64 bits per heavy atom. The quantitative estimate of drug-likeness (QED) is 0.875. The minimum absolute atomic E-state index is 0.269. The number of benzene rings is 1. The molecule has 0 aromatic heterocycles. The van der Waals surface area contributed by atoms with Crippen LogP contribution in [0.1, 0.15) is 36.7 Å². The van der Waals surface area contributed by atoms with Gasteiger partial charge in [0.1, 0.15) is 29.6 Å². The monoisotopic (exact) mass is 307 g/mol. The molecule has 0 aliphatic carbocycles. The van der Waals surface area contributed by atoms with E-state index in [1.165, 1.54) is 12.5 Å². The topological polar surface area (TPSA) is 66.0 Å². The maximum Gasteiger partial charge on any atom is 0.274 e. The van der Waals surface area contributed by atoms with E-state index >= 15 is 0 Å². The molecule has 22 heavy (non-hydrogen) atoms. The summed E-state index contributed by atoms with van der Waals surface area (Å²) in [5.74, 6) is -0.361. The van der Waals surface area contributed by atoms with E-state index in [1.54, 1.807) is 26.1 Å². The zero-order valence-electron chi connectivity index (χ0n) is 13.3. The summed E-state index contributed by atoms with van der Waals surface area (Å²) in [5, 5.41) is 2.60. The second-order valence-electron chi connectivity index (χ2n) is 4.75. The highest BCUT2D eigenvalue weighted by molar-refractivity contribution is 5.99. The smallest absolute Gasteiger partial charge is 0.274 e. The maximum atomic E-state index is 12.2. The fourth-order valence-corrected chi connectivity index (χ4v) is 2.22. The molecule has 0 bridgehead atoms. The fraction of sp³-hybridized carbons (Fsp3) is 0.438. The van der Waals surface area contributed by atoms with Crippen LogP contribution in [-0.4, -0.2) is 26.2 Å². The molecule has 1 aliphatic heterocycles. The van der Waals surface area contributed by atoms with Gasteiger partial charge in [0.15, 0.2) is 0 Å². The second kappa shape index (κ2) is 6.60. The van der Waals surface area contributed by atoms with Crippen molar-refractivity contribution in [3.05, 3.63) is 35.8 Å². The van der Waals surface area contributed by atoms with Crippen LogP contribution in [0.4, 0.5) is 0 Å². The Hall–Kier alpha value is -2.37. The van der Waals surface area contributed by atoms with E-state index in [9.17, 15) is 4.79 Å². The molecule has 1 N–H and O–H groups in total. The molecule has 0 saturated carbocycles. The van der Waals surface area contributed by atoms with Gasteiger partial charge < -0.3 is 24.3 Å². The molecule has 6 heteroatoms. The number of ether oxygens (including phenoxy) is 4.